The Morgan fingerprint density at radius 3 is 1.95 bits per heavy atom. The lowest BCUT2D eigenvalue weighted by atomic mass is 9.99. The highest BCUT2D eigenvalue weighted by Gasteiger charge is 2.18. The molecule has 0 radical (unpaired) electrons. The van der Waals surface area contributed by atoms with E-state index in [4.69, 9.17) is 28.3 Å². The van der Waals surface area contributed by atoms with Crippen molar-refractivity contribution >= 4 is 11.0 Å². The molecule has 7 nitrogen and oxygen atoms in total. The zero-order chi connectivity index (χ0) is 25.9. The summed E-state index contributed by atoms with van der Waals surface area (Å²) in [5.74, 6) is 2.27. The summed E-state index contributed by atoms with van der Waals surface area (Å²) in [5.41, 5.74) is 4.05. The van der Waals surface area contributed by atoms with E-state index in [0.29, 0.717) is 39.8 Å². The summed E-state index contributed by atoms with van der Waals surface area (Å²) < 4.78 is 27.5. The van der Waals surface area contributed by atoms with Crippen molar-refractivity contribution in [2.75, 3.05) is 28.4 Å². The van der Waals surface area contributed by atoms with E-state index in [1.54, 1.807) is 40.6 Å². The maximum atomic E-state index is 13.0. The van der Waals surface area contributed by atoms with Crippen LogP contribution >= 0.6 is 0 Å². The summed E-state index contributed by atoms with van der Waals surface area (Å²) in [5, 5.41) is 0.808. The summed E-state index contributed by atoms with van der Waals surface area (Å²) >= 11 is 0. The number of ether oxygens (including phenoxy) is 4. The molecular weight excluding hydrogens is 470 g/mol. The van der Waals surface area contributed by atoms with Crippen molar-refractivity contribution in [1.29, 1.82) is 0 Å². The predicted octanol–water partition coefficient (Wildman–Crippen LogP) is 6.22. The average molecular weight is 496 g/mol. The number of aromatic nitrogens is 1. The fraction of sp³-hybridized carbons (Fsp3) is 0.133. The normalized spacial score (nSPS) is 10.8. The zero-order valence-corrected chi connectivity index (χ0v) is 20.9. The molecule has 0 aliphatic carbocycles. The highest BCUT2D eigenvalue weighted by Crippen LogP contribution is 2.42. The molecule has 37 heavy (non-hydrogen) atoms. The first kappa shape index (κ1) is 23.9. The smallest absolute Gasteiger partial charge is 0.345 e. The van der Waals surface area contributed by atoms with Gasteiger partial charge in [0.05, 0.1) is 45.4 Å². The number of pyridine rings is 1. The third-order valence-electron chi connectivity index (χ3n) is 6.13. The lowest BCUT2D eigenvalue weighted by molar-refractivity contribution is 0.324. The van der Waals surface area contributed by atoms with E-state index in [1.165, 1.54) is 0 Å². The second-order valence-electron chi connectivity index (χ2n) is 8.25. The number of benzene rings is 3. The molecule has 0 atom stereocenters. The van der Waals surface area contributed by atoms with Crippen LogP contribution in [0.25, 0.3) is 44.6 Å². The number of nitrogens with zero attached hydrogens (tertiary/aromatic N) is 1. The molecule has 2 aromatic heterocycles. The molecule has 0 spiro atoms. The minimum Gasteiger partial charge on any atom is -0.497 e. The van der Waals surface area contributed by atoms with E-state index in [-0.39, 0.29) is 0 Å². The van der Waals surface area contributed by atoms with Gasteiger partial charge in [0.25, 0.3) is 0 Å². The van der Waals surface area contributed by atoms with Gasteiger partial charge in [0, 0.05) is 10.9 Å². The van der Waals surface area contributed by atoms with Crippen LogP contribution in [0, 0.1) is 0 Å². The highest BCUT2D eigenvalue weighted by atomic mass is 16.5. The van der Waals surface area contributed by atoms with Crippen molar-refractivity contribution in [3.8, 4) is 56.6 Å². The van der Waals surface area contributed by atoms with Crippen LogP contribution in [0.4, 0.5) is 0 Å². The quantitative estimate of drug-likeness (QED) is 0.248. The van der Waals surface area contributed by atoms with Gasteiger partial charge in [-0.05, 0) is 71.8 Å². The molecule has 0 aliphatic heterocycles. The average Bonchev–Trinajstić information content (AvgIpc) is 2.95. The third-order valence-corrected chi connectivity index (χ3v) is 6.13. The Morgan fingerprint density at radius 2 is 1.30 bits per heavy atom. The van der Waals surface area contributed by atoms with Gasteiger partial charge >= 0.3 is 5.63 Å². The van der Waals surface area contributed by atoms with E-state index in [9.17, 15) is 4.79 Å². The van der Waals surface area contributed by atoms with Gasteiger partial charge in [-0.2, -0.15) is 0 Å². The Balaban J connectivity index is 1.76. The van der Waals surface area contributed by atoms with Gasteiger partial charge in [-0.3, -0.25) is 0 Å². The second-order valence-corrected chi connectivity index (χ2v) is 8.25. The Kier molecular flexibility index (Phi) is 6.51. The summed E-state index contributed by atoms with van der Waals surface area (Å²) in [7, 11) is 6.32. The molecule has 7 heteroatoms. The first-order valence-corrected chi connectivity index (χ1v) is 11.5. The first-order valence-electron chi connectivity index (χ1n) is 11.5. The number of para-hydroxylation sites is 1. The molecule has 0 unspecified atom stereocenters. The monoisotopic (exact) mass is 495 g/mol. The van der Waals surface area contributed by atoms with Crippen LogP contribution < -0.4 is 24.6 Å². The summed E-state index contributed by atoms with van der Waals surface area (Å²) in [6.07, 6.45) is 0. The van der Waals surface area contributed by atoms with Gasteiger partial charge in [0.1, 0.15) is 11.3 Å². The Bertz CT molecular complexity index is 1610. The molecule has 186 valence electrons. The zero-order valence-electron chi connectivity index (χ0n) is 20.9. The van der Waals surface area contributed by atoms with Crippen molar-refractivity contribution in [1.82, 2.24) is 4.98 Å². The number of hydrogen-bond donors (Lipinski definition) is 0. The third kappa shape index (κ3) is 4.59. The van der Waals surface area contributed by atoms with Crippen LogP contribution in [0.15, 0.2) is 88.1 Å². The van der Waals surface area contributed by atoms with Gasteiger partial charge in [-0.25, -0.2) is 9.78 Å². The maximum absolute atomic E-state index is 13.0. The Labute approximate surface area is 213 Å². The van der Waals surface area contributed by atoms with Gasteiger partial charge in [-0.1, -0.05) is 18.2 Å². The van der Waals surface area contributed by atoms with Crippen LogP contribution in [-0.2, 0) is 0 Å². The minimum absolute atomic E-state index is 0.364. The van der Waals surface area contributed by atoms with Crippen LogP contribution in [0.2, 0.25) is 0 Å². The maximum Gasteiger partial charge on any atom is 0.345 e. The predicted molar refractivity (Wildman–Crippen MR) is 143 cm³/mol. The lowest BCUT2D eigenvalue weighted by Gasteiger charge is -2.15. The fourth-order valence-corrected chi connectivity index (χ4v) is 4.23. The van der Waals surface area contributed by atoms with Gasteiger partial charge < -0.3 is 23.4 Å². The van der Waals surface area contributed by atoms with Crippen molar-refractivity contribution in [3.63, 3.8) is 0 Å². The number of fused-ring (bicyclic) bond motifs is 1. The van der Waals surface area contributed by atoms with E-state index < -0.39 is 5.63 Å². The largest absolute Gasteiger partial charge is 0.497 e. The molecule has 0 saturated carbocycles. The number of rotatable bonds is 7. The first-order chi connectivity index (χ1) is 18.0. The van der Waals surface area contributed by atoms with Gasteiger partial charge in [0.15, 0.2) is 11.5 Å². The summed E-state index contributed by atoms with van der Waals surface area (Å²) in [4.78, 5) is 17.9. The van der Waals surface area contributed by atoms with Gasteiger partial charge in [0.2, 0.25) is 5.75 Å². The van der Waals surface area contributed by atoms with E-state index in [2.05, 4.69) is 0 Å². The van der Waals surface area contributed by atoms with Crippen LogP contribution in [0.1, 0.15) is 0 Å². The second kappa shape index (κ2) is 10.1. The summed E-state index contributed by atoms with van der Waals surface area (Å²) in [6.45, 7) is 0. The molecule has 0 amide bonds. The van der Waals surface area contributed by atoms with Crippen molar-refractivity contribution < 1.29 is 23.4 Å². The topological polar surface area (TPSA) is 80.0 Å². The van der Waals surface area contributed by atoms with Crippen molar-refractivity contribution in [2.45, 2.75) is 0 Å². The molecule has 0 bridgehead atoms. The minimum atomic E-state index is -0.464. The van der Waals surface area contributed by atoms with E-state index in [1.807, 2.05) is 66.7 Å². The van der Waals surface area contributed by atoms with Crippen LogP contribution in [-0.4, -0.2) is 33.4 Å². The molecule has 0 fully saturated rings. The van der Waals surface area contributed by atoms with Crippen molar-refractivity contribution in [2.24, 2.45) is 0 Å². The van der Waals surface area contributed by atoms with Gasteiger partial charge in [-0.15, -0.1) is 0 Å². The SMILES string of the molecule is COc1ccc(-c2cc(-c3cc(OC)c(OC)c(OC)c3)cc(-c3cc4ccccc4oc3=O)n2)cc1. The standard InChI is InChI=1S/C30H25NO6/c1-33-22-11-9-18(10-12-22)24-14-20(21-16-27(34-2)29(36-4)28(17-21)35-3)15-25(31-24)23-13-19-7-5-6-8-26(19)37-30(23)32/h5-17H,1-4H3. The molecule has 5 aromatic rings. The fourth-order valence-electron chi connectivity index (χ4n) is 4.23. The Morgan fingerprint density at radius 1 is 0.649 bits per heavy atom. The van der Waals surface area contributed by atoms with Crippen LogP contribution in [0.5, 0.6) is 23.0 Å². The molecule has 2 heterocycles. The Hall–Kier alpha value is -4.78. The lowest BCUT2D eigenvalue weighted by Crippen LogP contribution is -2.05. The number of methoxy groups -OCH3 is 4. The summed E-state index contributed by atoms with van der Waals surface area (Å²) in [6, 6.07) is 24.3. The molecule has 0 aliphatic rings. The molecule has 0 saturated heterocycles. The van der Waals surface area contributed by atoms with Crippen LogP contribution in [0.3, 0.4) is 0 Å². The number of hydrogen-bond acceptors (Lipinski definition) is 7. The van der Waals surface area contributed by atoms with Crippen molar-refractivity contribution in [3.05, 3.63) is 89.3 Å². The molecule has 5 rings (SSSR count). The highest BCUT2D eigenvalue weighted by molar-refractivity contribution is 5.83. The van der Waals surface area contributed by atoms with E-state index in [0.717, 1.165) is 27.8 Å². The molecule has 0 N–H and O–H groups in total. The van der Waals surface area contributed by atoms with E-state index >= 15 is 0 Å². The molecular formula is C30H25NO6. The molecule has 3 aromatic carbocycles.